The minimum absolute atomic E-state index is 0.0150. The number of halogens is 2. The van der Waals surface area contributed by atoms with Crippen molar-refractivity contribution in [2.75, 3.05) is 24.3 Å². The van der Waals surface area contributed by atoms with Gasteiger partial charge < -0.3 is 15.5 Å². The van der Waals surface area contributed by atoms with Crippen LogP contribution in [0.25, 0.3) is 10.9 Å². The van der Waals surface area contributed by atoms with Gasteiger partial charge in [0.25, 0.3) is 0 Å². The molecule has 0 radical (unpaired) electrons. The van der Waals surface area contributed by atoms with E-state index in [1.807, 2.05) is 43.3 Å². The van der Waals surface area contributed by atoms with Crippen molar-refractivity contribution in [3.05, 3.63) is 59.7 Å². The average Bonchev–Trinajstić information content (AvgIpc) is 2.79. The molecule has 3 aromatic rings. The molecule has 4 rings (SSSR count). The number of nitrogens with one attached hydrogen (secondary N) is 2. The van der Waals surface area contributed by atoms with Crippen LogP contribution in [-0.2, 0) is 11.3 Å². The first-order valence-corrected chi connectivity index (χ1v) is 10.8. The fraction of sp³-hybridized carbons (Fsp3) is 0.375. The van der Waals surface area contributed by atoms with Crippen LogP contribution in [0.5, 0.6) is 0 Å². The number of benzene rings is 2. The Morgan fingerprint density at radius 3 is 2.53 bits per heavy atom. The zero-order valence-corrected chi connectivity index (χ0v) is 18.2. The lowest BCUT2D eigenvalue weighted by molar-refractivity contribution is -0.126. The fourth-order valence-corrected chi connectivity index (χ4v) is 4.16. The van der Waals surface area contributed by atoms with Gasteiger partial charge in [-0.05, 0) is 43.9 Å². The second-order valence-corrected chi connectivity index (χ2v) is 8.41. The number of nitrogens with zero attached hydrogens (tertiary/aromatic N) is 3. The number of anilines is 2. The van der Waals surface area contributed by atoms with E-state index in [1.165, 1.54) is 12.1 Å². The summed E-state index contributed by atoms with van der Waals surface area (Å²) in [6.45, 7) is -0.0150. The van der Waals surface area contributed by atoms with Crippen LogP contribution >= 0.6 is 0 Å². The average molecular weight is 440 g/mol. The van der Waals surface area contributed by atoms with Gasteiger partial charge in [-0.3, -0.25) is 4.79 Å². The Balaban J connectivity index is 1.34. The van der Waals surface area contributed by atoms with Gasteiger partial charge in [-0.25, -0.2) is 13.8 Å². The number of aromatic nitrogens is 2. The first-order chi connectivity index (χ1) is 15.4. The van der Waals surface area contributed by atoms with Crippen LogP contribution in [0.4, 0.5) is 20.5 Å². The molecule has 2 N–H and O–H groups in total. The molecule has 0 atom stereocenters. The quantitative estimate of drug-likeness (QED) is 0.601. The second kappa shape index (κ2) is 9.46. The SMILES string of the molecule is CN(C)c1nc(NC2CCC(C(=O)NCc3cccc(F)c3F)CC2)nc2ccccc12. The maximum absolute atomic E-state index is 13.8. The molecule has 168 valence electrons. The summed E-state index contributed by atoms with van der Waals surface area (Å²) in [6.07, 6.45) is 3.03. The predicted octanol–water partition coefficient (Wildman–Crippen LogP) is 4.26. The van der Waals surface area contributed by atoms with Crippen LogP contribution in [0.15, 0.2) is 42.5 Å². The Morgan fingerprint density at radius 1 is 1.03 bits per heavy atom. The van der Waals surface area contributed by atoms with Crippen molar-refractivity contribution < 1.29 is 13.6 Å². The minimum Gasteiger partial charge on any atom is -0.362 e. The van der Waals surface area contributed by atoms with Gasteiger partial charge in [0.1, 0.15) is 5.82 Å². The molecule has 1 heterocycles. The summed E-state index contributed by atoms with van der Waals surface area (Å²) in [6, 6.07) is 12.1. The van der Waals surface area contributed by atoms with E-state index in [1.54, 1.807) is 0 Å². The van der Waals surface area contributed by atoms with Crippen LogP contribution in [0.1, 0.15) is 31.2 Å². The molecule has 2 aromatic carbocycles. The van der Waals surface area contributed by atoms with Crippen molar-refractivity contribution in [2.45, 2.75) is 38.3 Å². The normalized spacial score (nSPS) is 18.4. The van der Waals surface area contributed by atoms with E-state index in [0.29, 0.717) is 18.8 Å². The first-order valence-electron chi connectivity index (χ1n) is 10.8. The lowest BCUT2D eigenvalue weighted by atomic mass is 9.85. The summed E-state index contributed by atoms with van der Waals surface area (Å²) in [5, 5.41) is 7.17. The molecular formula is C24H27F2N5O. The molecule has 0 spiro atoms. The second-order valence-electron chi connectivity index (χ2n) is 8.41. The van der Waals surface area contributed by atoms with Crippen molar-refractivity contribution in [1.82, 2.24) is 15.3 Å². The summed E-state index contributed by atoms with van der Waals surface area (Å²) in [5.41, 5.74) is 1.03. The van der Waals surface area contributed by atoms with Crippen molar-refractivity contribution in [3.8, 4) is 0 Å². The van der Waals surface area contributed by atoms with Gasteiger partial charge in [0.05, 0.1) is 5.52 Å². The Morgan fingerprint density at radius 2 is 1.78 bits per heavy atom. The number of rotatable bonds is 6. The highest BCUT2D eigenvalue weighted by Gasteiger charge is 2.27. The summed E-state index contributed by atoms with van der Waals surface area (Å²) in [7, 11) is 3.91. The minimum atomic E-state index is -0.909. The third kappa shape index (κ3) is 4.79. The van der Waals surface area contributed by atoms with Crippen molar-refractivity contribution in [3.63, 3.8) is 0 Å². The van der Waals surface area contributed by atoms with Gasteiger partial charge in [-0.15, -0.1) is 0 Å². The summed E-state index contributed by atoms with van der Waals surface area (Å²) >= 11 is 0. The van der Waals surface area contributed by atoms with Gasteiger partial charge in [-0.1, -0.05) is 24.3 Å². The van der Waals surface area contributed by atoms with Gasteiger partial charge in [0.2, 0.25) is 11.9 Å². The van der Waals surface area contributed by atoms with E-state index in [2.05, 4.69) is 20.6 Å². The standard InChI is InChI=1S/C24H27F2N5O/c1-31(2)22-18-7-3-4-9-20(18)29-24(30-22)28-17-12-10-15(11-13-17)23(32)27-14-16-6-5-8-19(25)21(16)26/h3-9,15,17H,10-14H2,1-2H3,(H,27,32)(H,28,29,30). The zero-order chi connectivity index (χ0) is 22.7. The van der Waals surface area contributed by atoms with E-state index in [4.69, 9.17) is 0 Å². The Kier molecular flexibility index (Phi) is 6.48. The van der Waals surface area contributed by atoms with Crippen LogP contribution in [0.3, 0.4) is 0 Å². The van der Waals surface area contributed by atoms with E-state index < -0.39 is 11.6 Å². The number of fused-ring (bicyclic) bond motifs is 1. The number of amides is 1. The maximum atomic E-state index is 13.8. The van der Waals surface area contributed by atoms with Gasteiger partial charge in [0.15, 0.2) is 11.6 Å². The highest BCUT2D eigenvalue weighted by Crippen LogP contribution is 2.28. The molecule has 8 heteroatoms. The molecule has 0 saturated heterocycles. The van der Waals surface area contributed by atoms with E-state index in [0.717, 1.165) is 35.6 Å². The molecule has 1 aromatic heterocycles. The van der Waals surface area contributed by atoms with Crippen molar-refractivity contribution in [2.24, 2.45) is 5.92 Å². The molecule has 32 heavy (non-hydrogen) atoms. The number of hydrogen-bond donors (Lipinski definition) is 2. The molecular weight excluding hydrogens is 412 g/mol. The molecule has 0 aliphatic heterocycles. The van der Waals surface area contributed by atoms with E-state index in [-0.39, 0.29) is 30.0 Å². The van der Waals surface area contributed by atoms with E-state index >= 15 is 0 Å². The van der Waals surface area contributed by atoms with Crippen LogP contribution in [-0.4, -0.2) is 36.0 Å². The summed E-state index contributed by atoms with van der Waals surface area (Å²) < 4.78 is 27.1. The monoisotopic (exact) mass is 439 g/mol. The number of hydrogen-bond acceptors (Lipinski definition) is 5. The molecule has 1 aliphatic rings. The lowest BCUT2D eigenvalue weighted by Gasteiger charge is -2.28. The predicted molar refractivity (Wildman–Crippen MR) is 121 cm³/mol. The largest absolute Gasteiger partial charge is 0.362 e. The van der Waals surface area contributed by atoms with Crippen molar-refractivity contribution >= 4 is 28.6 Å². The molecule has 1 amide bonds. The Hall–Kier alpha value is -3.29. The smallest absolute Gasteiger partial charge is 0.225 e. The topological polar surface area (TPSA) is 70.2 Å². The third-order valence-corrected chi connectivity index (χ3v) is 5.92. The zero-order valence-electron chi connectivity index (χ0n) is 18.2. The van der Waals surface area contributed by atoms with Crippen LogP contribution in [0.2, 0.25) is 0 Å². The summed E-state index contributed by atoms with van der Waals surface area (Å²) in [4.78, 5) is 23.8. The fourth-order valence-electron chi connectivity index (χ4n) is 4.16. The number of carbonyl (C=O) groups excluding carboxylic acids is 1. The molecule has 6 nitrogen and oxygen atoms in total. The molecule has 0 bridgehead atoms. The Labute approximate surface area is 186 Å². The van der Waals surface area contributed by atoms with E-state index in [9.17, 15) is 13.6 Å². The molecule has 0 unspecified atom stereocenters. The first kappa shape index (κ1) is 21.9. The highest BCUT2D eigenvalue weighted by atomic mass is 19.2. The van der Waals surface area contributed by atoms with Gasteiger partial charge in [0, 0.05) is 43.5 Å². The third-order valence-electron chi connectivity index (χ3n) is 5.92. The maximum Gasteiger partial charge on any atom is 0.225 e. The van der Waals surface area contributed by atoms with Crippen LogP contribution in [0, 0.1) is 17.6 Å². The number of carbonyl (C=O) groups is 1. The van der Waals surface area contributed by atoms with Crippen LogP contribution < -0.4 is 15.5 Å². The lowest BCUT2D eigenvalue weighted by Crippen LogP contribution is -2.36. The summed E-state index contributed by atoms with van der Waals surface area (Å²) in [5.74, 6) is -0.633. The molecule has 1 saturated carbocycles. The Bertz CT molecular complexity index is 1110. The molecule has 1 aliphatic carbocycles. The highest BCUT2D eigenvalue weighted by molar-refractivity contribution is 5.90. The van der Waals surface area contributed by atoms with Gasteiger partial charge >= 0.3 is 0 Å². The number of para-hydroxylation sites is 1. The van der Waals surface area contributed by atoms with Gasteiger partial charge in [-0.2, -0.15) is 4.98 Å². The van der Waals surface area contributed by atoms with Crippen molar-refractivity contribution in [1.29, 1.82) is 0 Å². The molecule has 1 fully saturated rings.